The number of fused-ring (bicyclic) bond motifs is 1. The molecule has 1 unspecified atom stereocenters. The summed E-state index contributed by atoms with van der Waals surface area (Å²) in [4.78, 5) is 27.1. The predicted molar refractivity (Wildman–Crippen MR) is 144 cm³/mol. The Morgan fingerprint density at radius 1 is 1.08 bits per heavy atom. The fraction of sp³-hybridized carbons (Fsp3) is 0.552. The molecule has 196 valence electrons. The van der Waals surface area contributed by atoms with Crippen molar-refractivity contribution >= 4 is 23.5 Å². The summed E-state index contributed by atoms with van der Waals surface area (Å²) in [6.45, 7) is 8.27. The van der Waals surface area contributed by atoms with Crippen molar-refractivity contribution in [1.82, 2.24) is 4.98 Å². The summed E-state index contributed by atoms with van der Waals surface area (Å²) in [7, 11) is 0. The number of hydrogen-bond acceptors (Lipinski definition) is 7. The van der Waals surface area contributed by atoms with E-state index < -0.39 is 5.97 Å². The molecule has 1 fully saturated rings. The van der Waals surface area contributed by atoms with Crippen molar-refractivity contribution in [3.05, 3.63) is 52.2 Å². The normalized spacial score (nSPS) is 25.9. The van der Waals surface area contributed by atoms with Crippen LogP contribution in [0.2, 0.25) is 0 Å². The monoisotopic (exact) mass is 504 g/mol. The van der Waals surface area contributed by atoms with Gasteiger partial charge in [-0.1, -0.05) is 18.9 Å². The van der Waals surface area contributed by atoms with E-state index in [2.05, 4.69) is 44.0 Å². The van der Waals surface area contributed by atoms with E-state index in [0.717, 1.165) is 54.9 Å². The highest BCUT2D eigenvalue weighted by Gasteiger charge is 2.52. The minimum Gasteiger partial charge on any atom is -0.512 e. The van der Waals surface area contributed by atoms with Gasteiger partial charge in [-0.3, -0.25) is 4.98 Å². The van der Waals surface area contributed by atoms with E-state index in [4.69, 9.17) is 19.8 Å². The number of hydrogen-bond donors (Lipinski definition) is 1. The largest absolute Gasteiger partial charge is 0.512 e. The van der Waals surface area contributed by atoms with Gasteiger partial charge >= 0.3 is 11.9 Å². The number of carbonyl (C=O) groups is 1. The number of aliphatic hydroxyl groups is 1. The van der Waals surface area contributed by atoms with Crippen LogP contribution in [0.3, 0.4) is 0 Å². The Morgan fingerprint density at radius 3 is 2.43 bits per heavy atom. The van der Waals surface area contributed by atoms with Crippen LogP contribution in [0.5, 0.6) is 0 Å². The van der Waals surface area contributed by atoms with E-state index in [-0.39, 0.29) is 23.9 Å². The maximum absolute atomic E-state index is 13.0. The molecule has 37 heavy (non-hydrogen) atoms. The minimum atomic E-state index is -0.473. The zero-order chi connectivity index (χ0) is 26.2. The molecule has 0 saturated heterocycles. The van der Waals surface area contributed by atoms with Gasteiger partial charge in [0.15, 0.2) is 5.84 Å². The Morgan fingerprint density at radius 2 is 1.78 bits per heavy atom. The van der Waals surface area contributed by atoms with Crippen LogP contribution < -0.4 is 0 Å². The van der Waals surface area contributed by atoms with Crippen LogP contribution in [0.1, 0.15) is 89.6 Å². The van der Waals surface area contributed by atoms with Gasteiger partial charge in [-0.15, -0.1) is 4.59 Å². The zero-order valence-electron chi connectivity index (χ0n) is 22.5. The van der Waals surface area contributed by atoms with Crippen LogP contribution in [-0.2, 0) is 28.8 Å². The Balaban J connectivity index is 1.31. The molecule has 4 aliphatic rings. The van der Waals surface area contributed by atoms with Gasteiger partial charge in [-0.05, 0) is 63.1 Å². The fourth-order valence-corrected chi connectivity index (χ4v) is 6.02. The molecule has 8 nitrogen and oxygen atoms in total. The number of quaternary nitrogens is 1. The van der Waals surface area contributed by atoms with Gasteiger partial charge in [0.25, 0.3) is 0 Å². The van der Waals surface area contributed by atoms with Crippen LogP contribution in [0, 0.1) is 0 Å². The van der Waals surface area contributed by atoms with Crippen LogP contribution >= 0.6 is 0 Å². The van der Waals surface area contributed by atoms with Crippen LogP contribution in [0.15, 0.2) is 50.3 Å². The Hall–Kier alpha value is -3.13. The number of nitrogens with zero attached hydrogens (tertiary/aromatic N) is 5. The van der Waals surface area contributed by atoms with Crippen molar-refractivity contribution in [2.75, 3.05) is 0 Å². The zero-order valence-corrected chi connectivity index (χ0v) is 22.5. The van der Waals surface area contributed by atoms with Crippen molar-refractivity contribution in [3.63, 3.8) is 0 Å². The van der Waals surface area contributed by atoms with Crippen LogP contribution in [0.4, 0.5) is 0 Å². The number of ether oxygens (including phenoxy) is 1. The highest BCUT2D eigenvalue weighted by molar-refractivity contribution is 6.09. The third kappa shape index (κ3) is 4.91. The van der Waals surface area contributed by atoms with Gasteiger partial charge in [0, 0.05) is 50.1 Å². The lowest BCUT2D eigenvalue weighted by atomic mass is 9.98. The molecule has 1 aliphatic carbocycles. The first-order valence-corrected chi connectivity index (χ1v) is 13.7. The maximum atomic E-state index is 13.0. The number of cyclic esters (lactones) is 1. The number of aromatic nitrogens is 1. The highest BCUT2D eigenvalue weighted by Crippen LogP contribution is 2.40. The summed E-state index contributed by atoms with van der Waals surface area (Å²) >= 11 is 0. The topological polar surface area (TPSA) is 96.5 Å². The maximum Gasteiger partial charge on any atom is 0.363 e. The molecule has 2 atom stereocenters. The van der Waals surface area contributed by atoms with Crippen LogP contribution in [0.25, 0.3) is 0 Å². The van der Waals surface area contributed by atoms with Gasteiger partial charge in [0.1, 0.15) is 23.6 Å². The SMILES string of the molecule is CCc1cc(CCC2CC(O)=C(CC3=N[N@+]4(C5CCCC5)C(C)=CC(C)=NC4=N3)C(=O)O2)cc(CC)n1. The smallest absolute Gasteiger partial charge is 0.363 e. The Kier molecular flexibility index (Phi) is 7.12. The molecule has 0 amide bonds. The Bertz CT molecular complexity index is 1230. The lowest BCUT2D eigenvalue weighted by Gasteiger charge is -2.34. The first kappa shape index (κ1) is 25.5. The van der Waals surface area contributed by atoms with Gasteiger partial charge in [-0.2, -0.15) is 9.98 Å². The van der Waals surface area contributed by atoms with Crippen molar-refractivity contribution in [2.45, 2.75) is 104 Å². The number of amidine groups is 1. The fourth-order valence-electron chi connectivity index (χ4n) is 6.02. The average molecular weight is 505 g/mol. The van der Waals surface area contributed by atoms with Crippen molar-refractivity contribution in [3.8, 4) is 0 Å². The molecule has 1 N–H and O–H groups in total. The number of aryl methyl sites for hydroxylation is 3. The summed E-state index contributed by atoms with van der Waals surface area (Å²) in [5.41, 5.74) is 5.63. The van der Waals surface area contributed by atoms with Gasteiger partial charge < -0.3 is 9.84 Å². The predicted octanol–water partition coefficient (Wildman–Crippen LogP) is 5.48. The number of esters is 1. The molecular formula is C29H38N5O3+. The summed E-state index contributed by atoms with van der Waals surface area (Å²) in [6, 6.07) is 4.56. The molecule has 0 spiro atoms. The van der Waals surface area contributed by atoms with E-state index >= 15 is 0 Å². The van der Waals surface area contributed by atoms with Gasteiger partial charge in [-0.25, -0.2) is 4.79 Å². The first-order valence-electron chi connectivity index (χ1n) is 13.7. The molecule has 1 aromatic heterocycles. The van der Waals surface area contributed by atoms with Crippen molar-refractivity contribution in [2.24, 2.45) is 15.1 Å². The molecule has 1 saturated carbocycles. The lowest BCUT2D eigenvalue weighted by Crippen LogP contribution is -2.52. The van der Waals surface area contributed by atoms with Crippen molar-refractivity contribution < 1.29 is 19.2 Å². The van der Waals surface area contributed by atoms with Gasteiger partial charge in [0.2, 0.25) is 0 Å². The van der Waals surface area contributed by atoms with E-state index in [1.165, 1.54) is 18.4 Å². The number of aliphatic imine (C=N–C) groups is 2. The number of pyridine rings is 1. The molecule has 0 radical (unpaired) electrons. The van der Waals surface area contributed by atoms with Crippen molar-refractivity contribution in [1.29, 1.82) is 0 Å². The summed E-state index contributed by atoms with van der Waals surface area (Å²) < 4.78 is 6.09. The minimum absolute atomic E-state index is 0.0895. The molecule has 4 heterocycles. The molecule has 1 aromatic rings. The van der Waals surface area contributed by atoms with Crippen LogP contribution in [-0.4, -0.2) is 50.3 Å². The second kappa shape index (κ2) is 10.3. The highest BCUT2D eigenvalue weighted by atomic mass is 16.5. The van der Waals surface area contributed by atoms with E-state index in [1.54, 1.807) is 0 Å². The molecule has 0 aromatic carbocycles. The molecule has 0 bridgehead atoms. The van der Waals surface area contributed by atoms with Gasteiger partial charge in [0.05, 0.1) is 11.3 Å². The summed E-state index contributed by atoms with van der Waals surface area (Å²) in [6.07, 6.45) is 9.91. The first-order chi connectivity index (χ1) is 17.8. The van der Waals surface area contributed by atoms with E-state index in [9.17, 15) is 9.90 Å². The third-order valence-corrected chi connectivity index (χ3v) is 7.99. The van der Waals surface area contributed by atoms with E-state index in [1.807, 2.05) is 6.92 Å². The molecular weight excluding hydrogens is 466 g/mol. The molecule has 5 rings (SSSR count). The summed E-state index contributed by atoms with van der Waals surface area (Å²) in [5.74, 6) is 0.823. The Labute approximate surface area is 219 Å². The number of aliphatic hydroxyl groups excluding tert-OH is 1. The second-order valence-electron chi connectivity index (χ2n) is 10.6. The number of rotatable bonds is 8. The third-order valence-electron chi connectivity index (χ3n) is 7.99. The molecule has 3 aliphatic heterocycles. The van der Waals surface area contributed by atoms with E-state index in [0.29, 0.717) is 35.3 Å². The number of carbonyl (C=O) groups excluding carboxylic acids is 1. The summed E-state index contributed by atoms with van der Waals surface area (Å²) in [5, 5.41) is 15.9. The second-order valence-corrected chi connectivity index (χ2v) is 10.6. The number of guanidine groups is 1. The molecule has 8 heteroatoms. The quantitative estimate of drug-likeness (QED) is 0.375. The standard InChI is InChI=1S/C29H37N5O3/c1-5-21-14-20(15-22(6-2)31-21)11-12-24-16-26(35)25(28(36)37-24)17-27-32-29-30-18(3)13-19(4)34(29,33-27)23-9-7-8-10-23/h13-15,23-24H,5-12,16-17H2,1-4H3/p+1/t24?,34-/m0/s1. The lowest BCUT2D eigenvalue weighted by molar-refractivity contribution is -0.835. The average Bonchev–Trinajstić information content (AvgIpc) is 3.53. The number of allylic oxidation sites excluding steroid dienone is 2.